The Bertz CT molecular complexity index is 538. The molecule has 19 heavy (non-hydrogen) atoms. The Hall–Kier alpha value is -1.67. The van der Waals surface area contributed by atoms with Crippen molar-refractivity contribution in [2.24, 2.45) is 0 Å². The van der Waals surface area contributed by atoms with Gasteiger partial charge in [0.05, 0.1) is 0 Å². The van der Waals surface area contributed by atoms with Gasteiger partial charge in [-0.15, -0.1) is 0 Å². The van der Waals surface area contributed by atoms with E-state index in [1.54, 1.807) is 12.1 Å². The van der Waals surface area contributed by atoms with E-state index in [0.29, 0.717) is 6.04 Å². The smallest absolute Gasteiger partial charge is 0.123 e. The standard InChI is InChI=1S/C17H18FN/c18-16-9-4-6-14(12-16)13-19-11-5-10-17(19)15-7-2-1-3-8-15/h1-4,6-9,12,17H,5,10-11,13H2. The topological polar surface area (TPSA) is 3.24 Å². The summed E-state index contributed by atoms with van der Waals surface area (Å²) in [5, 5.41) is 0. The number of likely N-dealkylation sites (tertiary alicyclic amines) is 1. The molecule has 2 heteroatoms. The summed E-state index contributed by atoms with van der Waals surface area (Å²) in [6.45, 7) is 1.92. The molecule has 0 saturated carbocycles. The van der Waals surface area contributed by atoms with Crippen molar-refractivity contribution in [2.75, 3.05) is 6.54 Å². The first-order chi connectivity index (χ1) is 9.33. The molecule has 0 bridgehead atoms. The molecule has 98 valence electrons. The zero-order chi connectivity index (χ0) is 13.1. The SMILES string of the molecule is Fc1cccc(CN2CCCC2c2ccccc2)c1. The van der Waals surface area contributed by atoms with Crippen LogP contribution in [0.1, 0.15) is 30.0 Å². The molecule has 0 spiro atoms. The number of hydrogen-bond acceptors (Lipinski definition) is 1. The van der Waals surface area contributed by atoms with Crippen LogP contribution in [0.5, 0.6) is 0 Å². The van der Waals surface area contributed by atoms with E-state index < -0.39 is 0 Å². The van der Waals surface area contributed by atoms with E-state index >= 15 is 0 Å². The minimum absolute atomic E-state index is 0.145. The second kappa shape index (κ2) is 5.54. The molecule has 2 aromatic carbocycles. The summed E-state index contributed by atoms with van der Waals surface area (Å²) in [6.07, 6.45) is 2.41. The molecule has 1 fully saturated rings. The Balaban J connectivity index is 1.77. The van der Waals surface area contributed by atoms with Gasteiger partial charge in [0, 0.05) is 12.6 Å². The number of nitrogens with zero attached hydrogens (tertiary/aromatic N) is 1. The van der Waals surface area contributed by atoms with E-state index in [2.05, 4.69) is 35.2 Å². The molecule has 1 heterocycles. The van der Waals surface area contributed by atoms with Crippen LogP contribution in [0.15, 0.2) is 54.6 Å². The molecule has 0 radical (unpaired) electrons. The van der Waals surface area contributed by atoms with Crippen molar-refractivity contribution in [3.8, 4) is 0 Å². The predicted molar refractivity (Wildman–Crippen MR) is 75.2 cm³/mol. The Morgan fingerprint density at radius 3 is 2.68 bits per heavy atom. The van der Waals surface area contributed by atoms with Crippen molar-refractivity contribution in [3.05, 3.63) is 71.5 Å². The summed E-state index contributed by atoms with van der Waals surface area (Å²) in [7, 11) is 0. The van der Waals surface area contributed by atoms with Gasteiger partial charge in [-0.3, -0.25) is 4.90 Å². The first-order valence-corrected chi connectivity index (χ1v) is 6.86. The van der Waals surface area contributed by atoms with Crippen LogP contribution in [0.4, 0.5) is 4.39 Å². The lowest BCUT2D eigenvalue weighted by atomic mass is 10.0. The Labute approximate surface area is 113 Å². The Morgan fingerprint density at radius 1 is 1.05 bits per heavy atom. The third-order valence-electron chi connectivity index (χ3n) is 3.82. The fourth-order valence-corrected chi connectivity index (χ4v) is 2.94. The van der Waals surface area contributed by atoms with Crippen molar-refractivity contribution in [2.45, 2.75) is 25.4 Å². The van der Waals surface area contributed by atoms with Gasteiger partial charge in [-0.05, 0) is 42.6 Å². The highest BCUT2D eigenvalue weighted by molar-refractivity contribution is 5.21. The fourth-order valence-electron chi connectivity index (χ4n) is 2.94. The average molecular weight is 255 g/mol. The second-order valence-electron chi connectivity index (χ2n) is 5.17. The molecule has 0 aromatic heterocycles. The van der Waals surface area contributed by atoms with Crippen molar-refractivity contribution in [1.29, 1.82) is 0 Å². The van der Waals surface area contributed by atoms with Crippen LogP contribution in [0.3, 0.4) is 0 Å². The predicted octanol–water partition coefficient (Wildman–Crippen LogP) is 4.16. The fraction of sp³-hybridized carbons (Fsp3) is 0.294. The molecular formula is C17H18FN. The van der Waals surface area contributed by atoms with E-state index in [-0.39, 0.29) is 5.82 Å². The summed E-state index contributed by atoms with van der Waals surface area (Å²) < 4.78 is 13.2. The maximum absolute atomic E-state index is 13.2. The highest BCUT2D eigenvalue weighted by Crippen LogP contribution is 2.32. The lowest BCUT2D eigenvalue weighted by molar-refractivity contribution is 0.248. The number of hydrogen-bond donors (Lipinski definition) is 0. The Kier molecular flexibility index (Phi) is 3.60. The van der Waals surface area contributed by atoms with Crippen LogP contribution in [0, 0.1) is 5.82 Å². The van der Waals surface area contributed by atoms with Gasteiger partial charge >= 0.3 is 0 Å². The van der Waals surface area contributed by atoms with Crippen LogP contribution in [0.2, 0.25) is 0 Å². The molecule has 0 aliphatic carbocycles. The quantitative estimate of drug-likeness (QED) is 0.796. The highest BCUT2D eigenvalue weighted by Gasteiger charge is 2.25. The normalized spacial score (nSPS) is 19.7. The van der Waals surface area contributed by atoms with Gasteiger partial charge in [0.25, 0.3) is 0 Å². The molecule has 1 saturated heterocycles. The summed E-state index contributed by atoms with van der Waals surface area (Å²) in [5.41, 5.74) is 2.43. The maximum Gasteiger partial charge on any atom is 0.123 e. The molecular weight excluding hydrogens is 237 g/mol. The van der Waals surface area contributed by atoms with E-state index in [9.17, 15) is 4.39 Å². The zero-order valence-corrected chi connectivity index (χ0v) is 10.9. The molecule has 1 atom stereocenters. The summed E-state index contributed by atoms with van der Waals surface area (Å²) in [5.74, 6) is -0.145. The molecule has 0 amide bonds. The van der Waals surface area contributed by atoms with E-state index in [1.807, 2.05) is 6.07 Å². The third-order valence-corrected chi connectivity index (χ3v) is 3.82. The molecule has 2 aromatic rings. The molecule has 1 aliphatic heterocycles. The maximum atomic E-state index is 13.2. The first kappa shape index (κ1) is 12.4. The lowest BCUT2D eigenvalue weighted by Crippen LogP contribution is -2.22. The van der Waals surface area contributed by atoms with E-state index in [0.717, 1.165) is 18.7 Å². The molecule has 1 aliphatic rings. The lowest BCUT2D eigenvalue weighted by Gasteiger charge is -2.25. The average Bonchev–Trinajstić information content (AvgIpc) is 2.88. The molecule has 1 nitrogen and oxygen atoms in total. The number of rotatable bonds is 3. The molecule has 1 unspecified atom stereocenters. The van der Waals surface area contributed by atoms with E-state index in [4.69, 9.17) is 0 Å². The highest BCUT2D eigenvalue weighted by atomic mass is 19.1. The third kappa shape index (κ3) is 2.85. The van der Waals surface area contributed by atoms with Gasteiger partial charge in [0.15, 0.2) is 0 Å². The van der Waals surface area contributed by atoms with Gasteiger partial charge in [-0.2, -0.15) is 0 Å². The van der Waals surface area contributed by atoms with Crippen LogP contribution >= 0.6 is 0 Å². The van der Waals surface area contributed by atoms with Crippen LogP contribution < -0.4 is 0 Å². The Morgan fingerprint density at radius 2 is 1.89 bits per heavy atom. The monoisotopic (exact) mass is 255 g/mol. The van der Waals surface area contributed by atoms with Gasteiger partial charge in [-0.25, -0.2) is 4.39 Å². The van der Waals surface area contributed by atoms with Crippen molar-refractivity contribution < 1.29 is 4.39 Å². The van der Waals surface area contributed by atoms with Gasteiger partial charge < -0.3 is 0 Å². The molecule has 0 N–H and O–H groups in total. The summed E-state index contributed by atoms with van der Waals surface area (Å²) in [6, 6.07) is 18.0. The second-order valence-corrected chi connectivity index (χ2v) is 5.17. The van der Waals surface area contributed by atoms with Crippen molar-refractivity contribution in [3.63, 3.8) is 0 Å². The van der Waals surface area contributed by atoms with Crippen molar-refractivity contribution in [1.82, 2.24) is 4.90 Å². The first-order valence-electron chi connectivity index (χ1n) is 6.86. The van der Waals surface area contributed by atoms with Crippen molar-refractivity contribution >= 4 is 0 Å². The van der Waals surface area contributed by atoms with Gasteiger partial charge in [0.1, 0.15) is 5.82 Å². The zero-order valence-electron chi connectivity index (χ0n) is 10.9. The van der Waals surface area contributed by atoms with Crippen LogP contribution in [-0.2, 0) is 6.54 Å². The van der Waals surface area contributed by atoms with Gasteiger partial charge in [-0.1, -0.05) is 42.5 Å². The summed E-state index contributed by atoms with van der Waals surface area (Å²) in [4.78, 5) is 2.45. The molecule has 3 rings (SSSR count). The summed E-state index contributed by atoms with van der Waals surface area (Å²) >= 11 is 0. The van der Waals surface area contributed by atoms with E-state index in [1.165, 1.54) is 24.5 Å². The van der Waals surface area contributed by atoms with Gasteiger partial charge in [0.2, 0.25) is 0 Å². The minimum Gasteiger partial charge on any atom is -0.292 e. The largest absolute Gasteiger partial charge is 0.292 e. The van der Waals surface area contributed by atoms with Crippen LogP contribution in [-0.4, -0.2) is 11.4 Å². The van der Waals surface area contributed by atoms with Crippen LogP contribution in [0.25, 0.3) is 0 Å². The number of benzene rings is 2. The number of halogens is 1. The minimum atomic E-state index is -0.145.